The van der Waals surface area contributed by atoms with Gasteiger partial charge in [0.15, 0.2) is 0 Å². The number of primary amides is 1. The van der Waals surface area contributed by atoms with Gasteiger partial charge in [-0.05, 0) is 63.3 Å². The van der Waals surface area contributed by atoms with E-state index < -0.39 is 59.9 Å². The lowest BCUT2D eigenvalue weighted by Gasteiger charge is -2.26. The second kappa shape index (κ2) is 16.2. The third-order valence-corrected chi connectivity index (χ3v) is 5.67. The van der Waals surface area contributed by atoms with Crippen LogP contribution >= 0.6 is 0 Å². The molecule has 0 aliphatic rings. The molecule has 38 heavy (non-hydrogen) atoms. The summed E-state index contributed by atoms with van der Waals surface area (Å²) >= 11 is 0. The van der Waals surface area contributed by atoms with Crippen molar-refractivity contribution in [1.82, 2.24) is 16.0 Å². The SMILES string of the molecule is CC(O)C(NC(=O)C(N)Cc1ccc(O)cc1)C(=O)NC(CCCCN)C(=O)NC(CCC(N)=O)C(=O)O. The predicted octanol–water partition coefficient (Wildman–Crippen LogP) is -2.42. The van der Waals surface area contributed by atoms with Crippen LogP contribution < -0.4 is 33.2 Å². The molecule has 0 spiro atoms. The summed E-state index contributed by atoms with van der Waals surface area (Å²) in [6, 6.07) is 0.846. The van der Waals surface area contributed by atoms with E-state index >= 15 is 0 Å². The highest BCUT2D eigenvalue weighted by Gasteiger charge is 2.32. The number of nitrogens with two attached hydrogens (primary N) is 3. The zero-order valence-corrected chi connectivity index (χ0v) is 21.3. The van der Waals surface area contributed by atoms with Crippen LogP contribution in [-0.4, -0.2) is 81.7 Å². The van der Waals surface area contributed by atoms with Crippen LogP contribution in [0, 0.1) is 0 Å². The van der Waals surface area contributed by atoms with Crippen LogP contribution in [0.1, 0.15) is 44.6 Å². The van der Waals surface area contributed by atoms with Crippen LogP contribution in [0.2, 0.25) is 0 Å². The molecule has 0 bridgehead atoms. The monoisotopic (exact) mass is 538 g/mol. The Morgan fingerprint density at radius 2 is 1.50 bits per heavy atom. The molecular formula is C24H38N6O8. The molecule has 14 heteroatoms. The van der Waals surface area contributed by atoms with E-state index in [4.69, 9.17) is 17.2 Å². The van der Waals surface area contributed by atoms with Crippen LogP contribution in [-0.2, 0) is 30.4 Å². The van der Waals surface area contributed by atoms with E-state index in [-0.39, 0.29) is 31.4 Å². The predicted molar refractivity (Wildman–Crippen MR) is 136 cm³/mol. The van der Waals surface area contributed by atoms with Gasteiger partial charge in [0.25, 0.3) is 0 Å². The van der Waals surface area contributed by atoms with Crippen molar-refractivity contribution in [2.45, 2.75) is 75.7 Å². The highest BCUT2D eigenvalue weighted by molar-refractivity contribution is 5.94. The highest BCUT2D eigenvalue weighted by Crippen LogP contribution is 2.11. The molecule has 1 aromatic rings. The van der Waals surface area contributed by atoms with Crippen LogP contribution in [0.4, 0.5) is 0 Å². The van der Waals surface area contributed by atoms with E-state index in [1.807, 2.05) is 0 Å². The molecule has 0 heterocycles. The Morgan fingerprint density at radius 1 is 0.895 bits per heavy atom. The van der Waals surface area contributed by atoms with Crippen molar-refractivity contribution in [3.8, 4) is 5.75 Å². The van der Waals surface area contributed by atoms with Crippen molar-refractivity contribution >= 4 is 29.6 Å². The van der Waals surface area contributed by atoms with E-state index in [9.17, 15) is 39.3 Å². The minimum absolute atomic E-state index is 0.0465. The van der Waals surface area contributed by atoms with Gasteiger partial charge in [0, 0.05) is 6.42 Å². The number of aromatic hydroxyl groups is 1. The molecule has 5 unspecified atom stereocenters. The molecule has 0 fully saturated rings. The van der Waals surface area contributed by atoms with Crippen molar-refractivity contribution in [2.24, 2.45) is 17.2 Å². The zero-order chi connectivity index (χ0) is 28.8. The van der Waals surface area contributed by atoms with Gasteiger partial charge in [0.2, 0.25) is 23.6 Å². The van der Waals surface area contributed by atoms with Gasteiger partial charge in [-0.15, -0.1) is 0 Å². The molecule has 0 saturated heterocycles. The number of rotatable bonds is 17. The molecule has 1 aromatic carbocycles. The molecule has 14 nitrogen and oxygen atoms in total. The van der Waals surface area contributed by atoms with Crippen LogP contribution in [0.25, 0.3) is 0 Å². The molecule has 212 valence electrons. The van der Waals surface area contributed by atoms with Crippen molar-refractivity contribution in [1.29, 1.82) is 0 Å². The van der Waals surface area contributed by atoms with E-state index in [1.165, 1.54) is 19.1 Å². The lowest BCUT2D eigenvalue weighted by molar-refractivity contribution is -0.142. The van der Waals surface area contributed by atoms with E-state index in [0.717, 1.165) is 0 Å². The zero-order valence-electron chi connectivity index (χ0n) is 21.3. The minimum atomic E-state index is -1.47. The van der Waals surface area contributed by atoms with Crippen molar-refractivity contribution in [3.05, 3.63) is 29.8 Å². The molecule has 0 aromatic heterocycles. The number of aliphatic carboxylic acids is 1. The second-order valence-corrected chi connectivity index (χ2v) is 8.95. The number of nitrogens with one attached hydrogen (secondary N) is 3. The average molecular weight is 539 g/mol. The van der Waals surface area contributed by atoms with Crippen LogP contribution in [0.5, 0.6) is 5.75 Å². The van der Waals surface area contributed by atoms with Gasteiger partial charge in [0.1, 0.15) is 23.9 Å². The molecule has 0 saturated carbocycles. The molecular weight excluding hydrogens is 500 g/mol. The standard InChI is InChI=1S/C24H38N6O8/c1-13(31)20(30-21(34)16(26)12-14-5-7-15(32)8-6-14)23(36)28-17(4-2-3-11-25)22(35)29-18(24(37)38)9-10-19(27)33/h5-8,13,16-18,20,31-32H,2-4,9-12,25-26H2,1H3,(H2,27,33)(H,28,36)(H,29,35)(H,30,34)(H,37,38). The van der Waals surface area contributed by atoms with Crippen LogP contribution in [0.15, 0.2) is 24.3 Å². The van der Waals surface area contributed by atoms with Gasteiger partial charge in [-0.1, -0.05) is 12.1 Å². The molecule has 1 rings (SSSR count). The number of carbonyl (C=O) groups is 5. The molecule has 12 N–H and O–H groups in total. The first kappa shape index (κ1) is 32.3. The highest BCUT2D eigenvalue weighted by atomic mass is 16.4. The fourth-order valence-electron chi connectivity index (χ4n) is 3.48. The lowest BCUT2D eigenvalue weighted by atomic mass is 10.0. The third-order valence-electron chi connectivity index (χ3n) is 5.67. The first-order valence-corrected chi connectivity index (χ1v) is 12.2. The summed E-state index contributed by atoms with van der Waals surface area (Å²) in [6.45, 7) is 1.59. The van der Waals surface area contributed by atoms with Gasteiger partial charge in [0.05, 0.1) is 12.1 Å². The number of carboxylic acid groups (broad SMARTS) is 1. The number of unbranched alkanes of at least 4 members (excludes halogenated alkanes) is 1. The molecule has 4 amide bonds. The Hall–Kier alpha value is -3.75. The Bertz CT molecular complexity index is 956. The van der Waals surface area contributed by atoms with Crippen molar-refractivity contribution in [2.75, 3.05) is 6.54 Å². The van der Waals surface area contributed by atoms with Crippen molar-refractivity contribution < 1.29 is 39.3 Å². The van der Waals surface area contributed by atoms with E-state index in [0.29, 0.717) is 24.9 Å². The maximum atomic E-state index is 13.0. The van der Waals surface area contributed by atoms with Gasteiger partial charge >= 0.3 is 5.97 Å². The average Bonchev–Trinajstić information content (AvgIpc) is 2.84. The second-order valence-electron chi connectivity index (χ2n) is 8.95. The molecule has 0 aliphatic carbocycles. The van der Waals surface area contributed by atoms with E-state index in [1.54, 1.807) is 12.1 Å². The number of carboxylic acids is 1. The first-order chi connectivity index (χ1) is 17.8. The summed E-state index contributed by atoms with van der Waals surface area (Å²) in [5, 5.41) is 36.0. The number of hydrogen-bond donors (Lipinski definition) is 9. The smallest absolute Gasteiger partial charge is 0.326 e. The first-order valence-electron chi connectivity index (χ1n) is 12.2. The van der Waals surface area contributed by atoms with E-state index in [2.05, 4.69) is 16.0 Å². The van der Waals surface area contributed by atoms with Gasteiger partial charge < -0.3 is 48.5 Å². The summed E-state index contributed by atoms with van der Waals surface area (Å²) < 4.78 is 0. The van der Waals surface area contributed by atoms with Gasteiger partial charge in [-0.2, -0.15) is 0 Å². The fourth-order valence-corrected chi connectivity index (χ4v) is 3.48. The Labute approximate surface area is 220 Å². The largest absolute Gasteiger partial charge is 0.508 e. The number of phenolic OH excluding ortho intramolecular Hbond substituents is 1. The van der Waals surface area contributed by atoms with Gasteiger partial charge in [-0.3, -0.25) is 19.2 Å². The molecule has 0 radical (unpaired) electrons. The summed E-state index contributed by atoms with van der Waals surface area (Å²) in [6.07, 6.45) is -0.768. The minimum Gasteiger partial charge on any atom is -0.508 e. The Morgan fingerprint density at radius 3 is 2.03 bits per heavy atom. The maximum Gasteiger partial charge on any atom is 0.326 e. The quantitative estimate of drug-likeness (QED) is 0.0947. The number of benzene rings is 1. The summed E-state index contributed by atoms with van der Waals surface area (Å²) in [5.74, 6) is -4.53. The maximum absolute atomic E-state index is 13.0. The topological polar surface area (TPSA) is 260 Å². The lowest BCUT2D eigenvalue weighted by Crippen LogP contribution is -2.60. The molecule has 5 atom stereocenters. The number of amides is 4. The number of phenols is 1. The summed E-state index contributed by atoms with van der Waals surface area (Å²) in [7, 11) is 0. The normalized spacial score (nSPS) is 14.8. The van der Waals surface area contributed by atoms with Crippen molar-refractivity contribution in [3.63, 3.8) is 0 Å². The summed E-state index contributed by atoms with van der Waals surface area (Å²) in [4.78, 5) is 61.0. The Balaban J connectivity index is 2.93. The number of aliphatic hydroxyl groups excluding tert-OH is 1. The van der Waals surface area contributed by atoms with Gasteiger partial charge in [-0.25, -0.2) is 4.79 Å². The molecule has 0 aliphatic heterocycles. The fraction of sp³-hybridized carbons (Fsp3) is 0.542. The summed E-state index contributed by atoms with van der Waals surface area (Å²) in [5.41, 5.74) is 17.2. The number of hydrogen-bond acceptors (Lipinski definition) is 9. The number of aliphatic hydroxyl groups is 1. The Kier molecular flexibility index (Phi) is 13.7. The number of carbonyl (C=O) groups excluding carboxylic acids is 4. The van der Waals surface area contributed by atoms with Crippen LogP contribution in [0.3, 0.4) is 0 Å². The third kappa shape index (κ3) is 11.5.